The zero-order chi connectivity index (χ0) is 23.2. The molecular formula is C28H23N3O3. The second kappa shape index (κ2) is 7.99. The molecule has 0 saturated heterocycles. The summed E-state index contributed by atoms with van der Waals surface area (Å²) in [6.45, 7) is 2.52. The topological polar surface area (TPSA) is 79.2 Å². The van der Waals surface area contributed by atoms with Gasteiger partial charge in [-0.3, -0.25) is 9.78 Å². The van der Waals surface area contributed by atoms with Gasteiger partial charge >= 0.3 is 5.63 Å². The Balaban J connectivity index is 1.43. The van der Waals surface area contributed by atoms with E-state index in [4.69, 9.17) is 4.42 Å². The Labute approximate surface area is 195 Å². The highest BCUT2D eigenvalue weighted by molar-refractivity contribution is 5.89. The summed E-state index contributed by atoms with van der Waals surface area (Å²) in [5.41, 5.74) is 5.85. The van der Waals surface area contributed by atoms with Gasteiger partial charge in [0.2, 0.25) is 5.91 Å². The predicted octanol–water partition coefficient (Wildman–Crippen LogP) is 4.69. The molecule has 6 nitrogen and oxygen atoms in total. The van der Waals surface area contributed by atoms with Crippen LogP contribution in [0.2, 0.25) is 0 Å². The number of nitrogens with zero attached hydrogens (tertiary/aromatic N) is 2. The number of hydrogen-bond acceptors (Lipinski definition) is 4. The third-order valence-corrected chi connectivity index (χ3v) is 6.65. The molecule has 0 unspecified atom stereocenters. The van der Waals surface area contributed by atoms with E-state index in [1.165, 1.54) is 17.0 Å². The molecule has 34 heavy (non-hydrogen) atoms. The van der Waals surface area contributed by atoms with Crippen molar-refractivity contribution in [1.29, 1.82) is 0 Å². The standard InChI is InChI=1S/C28H23N3O3/c1-17-9-10-19-18(16-26(33)34-24(19)14-17)15-25(32)31-13-11-21-20-6-2-3-7-22(20)30-27(21)28(31)23-8-4-5-12-29-23/h2-10,12,14,16,28,30H,11,13,15H2,1H3/t28-/m1/s1. The molecule has 1 aliphatic rings. The smallest absolute Gasteiger partial charge is 0.336 e. The summed E-state index contributed by atoms with van der Waals surface area (Å²) < 4.78 is 5.39. The predicted molar refractivity (Wildman–Crippen MR) is 131 cm³/mol. The summed E-state index contributed by atoms with van der Waals surface area (Å²) in [7, 11) is 0. The fraction of sp³-hybridized carbons (Fsp3) is 0.179. The highest BCUT2D eigenvalue weighted by Gasteiger charge is 2.35. The van der Waals surface area contributed by atoms with Crippen LogP contribution in [0.25, 0.3) is 21.9 Å². The molecule has 0 radical (unpaired) electrons. The van der Waals surface area contributed by atoms with Gasteiger partial charge in [0, 0.05) is 40.8 Å². The van der Waals surface area contributed by atoms with Gasteiger partial charge in [0.1, 0.15) is 11.6 Å². The van der Waals surface area contributed by atoms with Crippen LogP contribution in [0, 0.1) is 6.92 Å². The van der Waals surface area contributed by atoms with E-state index < -0.39 is 5.63 Å². The minimum atomic E-state index is -0.446. The fourth-order valence-electron chi connectivity index (χ4n) is 5.10. The number of nitrogens with one attached hydrogen (secondary N) is 1. The Morgan fingerprint density at radius 2 is 1.94 bits per heavy atom. The Kier molecular flexibility index (Phi) is 4.80. The molecule has 2 aromatic carbocycles. The van der Waals surface area contributed by atoms with Crippen LogP contribution in [0.1, 0.15) is 34.1 Å². The van der Waals surface area contributed by atoms with E-state index in [1.54, 1.807) is 6.20 Å². The number of aromatic amines is 1. The molecule has 6 rings (SSSR count). The van der Waals surface area contributed by atoms with Crippen molar-refractivity contribution in [2.45, 2.75) is 25.8 Å². The molecule has 168 valence electrons. The lowest BCUT2D eigenvalue weighted by Gasteiger charge is -2.35. The maximum Gasteiger partial charge on any atom is 0.336 e. The van der Waals surface area contributed by atoms with Gasteiger partial charge in [-0.1, -0.05) is 36.4 Å². The number of aromatic nitrogens is 2. The maximum atomic E-state index is 13.7. The molecule has 0 spiro atoms. The van der Waals surface area contributed by atoms with Crippen LogP contribution < -0.4 is 5.63 Å². The molecule has 4 heterocycles. The number of amides is 1. The minimum absolute atomic E-state index is 0.0487. The monoisotopic (exact) mass is 449 g/mol. The second-order valence-corrected chi connectivity index (χ2v) is 8.82. The molecule has 0 fully saturated rings. The van der Waals surface area contributed by atoms with E-state index in [1.807, 2.05) is 60.4 Å². The van der Waals surface area contributed by atoms with E-state index in [-0.39, 0.29) is 18.4 Å². The lowest BCUT2D eigenvalue weighted by molar-refractivity contribution is -0.132. The van der Waals surface area contributed by atoms with E-state index >= 15 is 0 Å². The number of pyridine rings is 1. The van der Waals surface area contributed by atoms with Crippen LogP contribution in [0.3, 0.4) is 0 Å². The first-order valence-corrected chi connectivity index (χ1v) is 11.4. The van der Waals surface area contributed by atoms with Crippen LogP contribution in [-0.4, -0.2) is 27.3 Å². The number of para-hydroxylation sites is 1. The number of carbonyl (C=O) groups is 1. The minimum Gasteiger partial charge on any atom is -0.423 e. The number of fused-ring (bicyclic) bond motifs is 4. The average molecular weight is 450 g/mol. The summed E-state index contributed by atoms with van der Waals surface area (Å²) in [5, 5.41) is 1.98. The third-order valence-electron chi connectivity index (χ3n) is 6.65. The second-order valence-electron chi connectivity index (χ2n) is 8.82. The van der Waals surface area contributed by atoms with Gasteiger partial charge in [-0.25, -0.2) is 4.79 Å². The van der Waals surface area contributed by atoms with Gasteiger partial charge < -0.3 is 14.3 Å². The first-order chi connectivity index (χ1) is 16.6. The van der Waals surface area contributed by atoms with Crippen molar-refractivity contribution < 1.29 is 9.21 Å². The zero-order valence-corrected chi connectivity index (χ0v) is 18.7. The summed E-state index contributed by atoms with van der Waals surface area (Å²) in [5.74, 6) is -0.0487. The van der Waals surface area contributed by atoms with Crippen molar-refractivity contribution in [3.8, 4) is 0 Å². The van der Waals surface area contributed by atoms with Crippen LogP contribution in [0.15, 0.2) is 82.1 Å². The number of rotatable bonds is 3. The van der Waals surface area contributed by atoms with E-state index in [9.17, 15) is 9.59 Å². The summed E-state index contributed by atoms with van der Waals surface area (Å²) in [6.07, 6.45) is 2.63. The number of benzene rings is 2. The highest BCUT2D eigenvalue weighted by atomic mass is 16.4. The van der Waals surface area contributed by atoms with Crippen LogP contribution in [0.5, 0.6) is 0 Å². The Hall–Kier alpha value is -4.19. The molecule has 5 aromatic rings. The summed E-state index contributed by atoms with van der Waals surface area (Å²) in [6, 6.07) is 20.8. The molecule has 1 atom stereocenters. The molecule has 1 amide bonds. The van der Waals surface area contributed by atoms with E-state index in [0.717, 1.165) is 34.3 Å². The zero-order valence-electron chi connectivity index (χ0n) is 18.7. The van der Waals surface area contributed by atoms with E-state index in [2.05, 4.69) is 22.1 Å². The lowest BCUT2D eigenvalue weighted by Crippen LogP contribution is -2.41. The molecule has 6 heteroatoms. The van der Waals surface area contributed by atoms with Gasteiger partial charge in [0.15, 0.2) is 0 Å². The van der Waals surface area contributed by atoms with Crippen molar-refractivity contribution in [1.82, 2.24) is 14.9 Å². The van der Waals surface area contributed by atoms with Crippen molar-refractivity contribution in [2.75, 3.05) is 6.54 Å². The molecule has 1 aliphatic heterocycles. The number of H-pyrrole nitrogens is 1. The van der Waals surface area contributed by atoms with Crippen molar-refractivity contribution in [2.24, 2.45) is 0 Å². The molecule has 1 N–H and O–H groups in total. The Morgan fingerprint density at radius 3 is 2.79 bits per heavy atom. The van der Waals surface area contributed by atoms with Crippen molar-refractivity contribution >= 4 is 27.8 Å². The largest absolute Gasteiger partial charge is 0.423 e. The summed E-state index contributed by atoms with van der Waals surface area (Å²) in [4.78, 5) is 36.0. The fourth-order valence-corrected chi connectivity index (χ4v) is 5.10. The number of carbonyl (C=O) groups excluding carboxylic acids is 1. The lowest BCUT2D eigenvalue weighted by atomic mass is 9.94. The molecule has 3 aromatic heterocycles. The van der Waals surface area contributed by atoms with Gasteiger partial charge in [-0.05, 0) is 54.3 Å². The van der Waals surface area contributed by atoms with Gasteiger partial charge in [-0.2, -0.15) is 0 Å². The van der Waals surface area contributed by atoms with Crippen molar-refractivity contribution in [3.05, 3.63) is 111 Å². The molecule has 0 saturated carbocycles. The first-order valence-electron chi connectivity index (χ1n) is 11.4. The van der Waals surface area contributed by atoms with Crippen LogP contribution in [-0.2, 0) is 17.6 Å². The highest BCUT2D eigenvalue weighted by Crippen LogP contribution is 2.38. The first kappa shape index (κ1) is 20.4. The van der Waals surface area contributed by atoms with Crippen molar-refractivity contribution in [3.63, 3.8) is 0 Å². The summed E-state index contributed by atoms with van der Waals surface area (Å²) >= 11 is 0. The molecule has 0 bridgehead atoms. The average Bonchev–Trinajstić information content (AvgIpc) is 3.22. The van der Waals surface area contributed by atoms with E-state index in [0.29, 0.717) is 17.7 Å². The van der Waals surface area contributed by atoms with Gasteiger partial charge in [0.25, 0.3) is 0 Å². The molecular weight excluding hydrogens is 426 g/mol. The normalized spacial score (nSPS) is 15.6. The van der Waals surface area contributed by atoms with Crippen LogP contribution >= 0.6 is 0 Å². The van der Waals surface area contributed by atoms with Gasteiger partial charge in [-0.15, -0.1) is 0 Å². The third kappa shape index (κ3) is 3.39. The Bertz CT molecular complexity index is 1600. The Morgan fingerprint density at radius 1 is 1.09 bits per heavy atom. The quantitative estimate of drug-likeness (QED) is 0.405. The molecule has 0 aliphatic carbocycles. The number of hydrogen-bond donors (Lipinski definition) is 1. The SMILES string of the molecule is Cc1ccc2c(CC(=O)N3CCc4c([nH]c5ccccc45)[C@H]3c3ccccn3)cc(=O)oc2c1. The van der Waals surface area contributed by atoms with Crippen LogP contribution in [0.4, 0.5) is 0 Å². The van der Waals surface area contributed by atoms with Gasteiger partial charge in [0.05, 0.1) is 12.1 Å². The number of aryl methyl sites for hydroxylation is 1. The maximum absolute atomic E-state index is 13.7.